The number of hydrogen-bond acceptors (Lipinski definition) is 3. The van der Waals surface area contributed by atoms with Crippen LogP contribution in [-0.4, -0.2) is 43.0 Å². The largest absolute Gasteiger partial charge is 0.304 e. The molecular weight excluding hydrogens is 343 g/mol. The molecule has 0 aliphatic carbocycles. The SMILES string of the molecule is CN1CCN([C@@H]2Cc3cc(Cl)ccc3Sc3c(F)cccc32)CC1. The Bertz CT molecular complexity index is 759. The number of halogens is 2. The van der Waals surface area contributed by atoms with Gasteiger partial charge in [0, 0.05) is 42.1 Å². The fourth-order valence-corrected chi connectivity index (χ4v) is 4.90. The van der Waals surface area contributed by atoms with Gasteiger partial charge in [0.05, 0.1) is 4.90 Å². The van der Waals surface area contributed by atoms with Crippen molar-refractivity contribution in [3.8, 4) is 0 Å². The minimum atomic E-state index is -0.126. The normalized spacial score (nSPS) is 21.9. The summed E-state index contributed by atoms with van der Waals surface area (Å²) in [6, 6.07) is 11.6. The van der Waals surface area contributed by atoms with Gasteiger partial charge in [-0.25, -0.2) is 4.39 Å². The number of likely N-dealkylation sites (N-methyl/N-ethyl adjacent to an activating group) is 1. The summed E-state index contributed by atoms with van der Waals surface area (Å²) in [6.07, 6.45) is 0.878. The second-order valence-corrected chi connectivity index (χ2v) is 8.06. The van der Waals surface area contributed by atoms with Crippen molar-refractivity contribution in [3.05, 3.63) is 58.4 Å². The molecule has 2 aliphatic rings. The summed E-state index contributed by atoms with van der Waals surface area (Å²) in [7, 11) is 2.16. The van der Waals surface area contributed by atoms with E-state index >= 15 is 0 Å². The first kappa shape index (κ1) is 16.4. The van der Waals surface area contributed by atoms with Crippen LogP contribution in [0, 0.1) is 5.82 Å². The lowest BCUT2D eigenvalue weighted by molar-refractivity contribution is 0.109. The Hall–Kier alpha value is -1.07. The number of hydrogen-bond donors (Lipinski definition) is 0. The van der Waals surface area contributed by atoms with Crippen LogP contribution in [0.4, 0.5) is 4.39 Å². The van der Waals surface area contributed by atoms with Crippen LogP contribution in [-0.2, 0) is 6.42 Å². The van der Waals surface area contributed by atoms with Crippen LogP contribution in [0.3, 0.4) is 0 Å². The maximum absolute atomic E-state index is 14.6. The van der Waals surface area contributed by atoms with Crippen molar-refractivity contribution in [1.29, 1.82) is 0 Å². The molecule has 2 aromatic rings. The maximum atomic E-state index is 14.6. The molecule has 0 bridgehead atoms. The number of piperazine rings is 1. The Balaban J connectivity index is 1.78. The van der Waals surface area contributed by atoms with Crippen molar-refractivity contribution in [2.24, 2.45) is 0 Å². The van der Waals surface area contributed by atoms with Gasteiger partial charge in [0.15, 0.2) is 0 Å². The zero-order valence-corrected chi connectivity index (χ0v) is 15.2. The summed E-state index contributed by atoms with van der Waals surface area (Å²) < 4.78 is 14.6. The zero-order chi connectivity index (χ0) is 16.7. The summed E-state index contributed by atoms with van der Waals surface area (Å²) in [5.74, 6) is -0.126. The first-order valence-electron chi connectivity index (χ1n) is 8.29. The average Bonchev–Trinajstić information content (AvgIpc) is 2.73. The van der Waals surface area contributed by atoms with E-state index in [4.69, 9.17) is 11.6 Å². The van der Waals surface area contributed by atoms with E-state index in [2.05, 4.69) is 22.9 Å². The molecule has 1 fully saturated rings. The predicted molar refractivity (Wildman–Crippen MR) is 97.5 cm³/mol. The smallest absolute Gasteiger partial charge is 0.137 e. The van der Waals surface area contributed by atoms with Crippen LogP contribution in [0.1, 0.15) is 17.2 Å². The molecule has 5 heteroatoms. The first-order chi connectivity index (χ1) is 11.6. The van der Waals surface area contributed by atoms with Crippen molar-refractivity contribution >= 4 is 23.4 Å². The lowest BCUT2D eigenvalue weighted by Gasteiger charge is -2.38. The van der Waals surface area contributed by atoms with Crippen LogP contribution in [0.15, 0.2) is 46.2 Å². The molecule has 1 saturated heterocycles. The monoisotopic (exact) mass is 362 g/mol. The summed E-state index contributed by atoms with van der Waals surface area (Å²) in [6.45, 7) is 4.13. The highest BCUT2D eigenvalue weighted by molar-refractivity contribution is 7.99. The van der Waals surface area contributed by atoms with Gasteiger partial charge in [0.25, 0.3) is 0 Å². The molecule has 0 N–H and O–H groups in total. The molecule has 2 aliphatic heterocycles. The predicted octanol–water partition coefficient (Wildman–Crippen LogP) is 4.47. The summed E-state index contributed by atoms with van der Waals surface area (Å²) in [5.41, 5.74) is 2.32. The van der Waals surface area contributed by atoms with Crippen LogP contribution in [0.5, 0.6) is 0 Å². The fraction of sp³-hybridized carbons (Fsp3) is 0.368. The van der Waals surface area contributed by atoms with E-state index in [0.29, 0.717) is 0 Å². The van der Waals surface area contributed by atoms with Gasteiger partial charge < -0.3 is 4.90 Å². The minimum Gasteiger partial charge on any atom is -0.304 e. The van der Waals surface area contributed by atoms with E-state index in [1.54, 1.807) is 6.07 Å². The molecule has 4 rings (SSSR count). The van der Waals surface area contributed by atoms with Gasteiger partial charge in [-0.3, -0.25) is 4.90 Å². The molecule has 2 nitrogen and oxygen atoms in total. The molecule has 0 radical (unpaired) electrons. The third-order valence-electron chi connectivity index (χ3n) is 4.98. The molecule has 0 unspecified atom stereocenters. The molecule has 2 heterocycles. The van der Waals surface area contributed by atoms with E-state index in [9.17, 15) is 4.39 Å². The summed E-state index contributed by atoms with van der Waals surface area (Å²) in [5, 5.41) is 0.748. The van der Waals surface area contributed by atoms with Crippen LogP contribution in [0.2, 0.25) is 5.02 Å². The van der Waals surface area contributed by atoms with E-state index in [-0.39, 0.29) is 11.9 Å². The molecule has 1 atom stereocenters. The van der Waals surface area contributed by atoms with E-state index in [1.165, 1.54) is 17.3 Å². The third kappa shape index (κ3) is 3.08. The second kappa shape index (κ2) is 6.68. The highest BCUT2D eigenvalue weighted by Gasteiger charge is 2.30. The van der Waals surface area contributed by atoms with E-state index in [0.717, 1.165) is 53.0 Å². The molecule has 0 amide bonds. The lowest BCUT2D eigenvalue weighted by atomic mass is 9.96. The van der Waals surface area contributed by atoms with Crippen LogP contribution < -0.4 is 0 Å². The Morgan fingerprint density at radius 2 is 1.92 bits per heavy atom. The standard InChI is InChI=1S/C19H20ClFN2S/c1-22-7-9-23(10-8-22)17-12-13-11-14(20)5-6-18(13)24-19-15(17)3-2-4-16(19)21/h2-6,11,17H,7-10,12H2,1H3/t17-/m1/s1. The number of fused-ring (bicyclic) bond motifs is 2. The van der Waals surface area contributed by atoms with Gasteiger partial charge in [0.2, 0.25) is 0 Å². The average molecular weight is 363 g/mol. The Labute approximate surface area is 151 Å². The molecule has 2 aromatic carbocycles. The van der Waals surface area contributed by atoms with Crippen LogP contribution >= 0.6 is 23.4 Å². The molecule has 126 valence electrons. The lowest BCUT2D eigenvalue weighted by Crippen LogP contribution is -2.46. The van der Waals surface area contributed by atoms with Gasteiger partial charge in [0.1, 0.15) is 5.82 Å². The van der Waals surface area contributed by atoms with Gasteiger partial charge >= 0.3 is 0 Å². The van der Waals surface area contributed by atoms with Gasteiger partial charge in [-0.05, 0) is 48.9 Å². The van der Waals surface area contributed by atoms with Crippen molar-refractivity contribution < 1.29 is 4.39 Å². The van der Waals surface area contributed by atoms with Crippen molar-refractivity contribution in [2.75, 3.05) is 33.2 Å². The molecular formula is C19H20ClFN2S. The third-order valence-corrected chi connectivity index (χ3v) is 6.47. The zero-order valence-electron chi connectivity index (χ0n) is 13.6. The van der Waals surface area contributed by atoms with Gasteiger partial charge in [-0.2, -0.15) is 0 Å². The van der Waals surface area contributed by atoms with Gasteiger partial charge in [-0.15, -0.1) is 0 Å². The summed E-state index contributed by atoms with van der Waals surface area (Å²) >= 11 is 7.76. The highest BCUT2D eigenvalue weighted by Crippen LogP contribution is 2.44. The van der Waals surface area contributed by atoms with Crippen molar-refractivity contribution in [2.45, 2.75) is 22.3 Å². The van der Waals surface area contributed by atoms with Crippen LogP contribution in [0.25, 0.3) is 0 Å². The maximum Gasteiger partial charge on any atom is 0.137 e. The molecule has 24 heavy (non-hydrogen) atoms. The number of benzene rings is 2. The summed E-state index contributed by atoms with van der Waals surface area (Å²) in [4.78, 5) is 6.72. The molecule has 0 saturated carbocycles. The van der Waals surface area contributed by atoms with Gasteiger partial charge in [-0.1, -0.05) is 35.5 Å². The Kier molecular flexibility index (Phi) is 4.56. The van der Waals surface area contributed by atoms with Crippen molar-refractivity contribution in [3.63, 3.8) is 0 Å². The van der Waals surface area contributed by atoms with E-state index < -0.39 is 0 Å². The minimum absolute atomic E-state index is 0.126. The molecule has 0 aromatic heterocycles. The quantitative estimate of drug-likeness (QED) is 0.738. The fourth-order valence-electron chi connectivity index (χ4n) is 3.59. The Morgan fingerprint density at radius 3 is 2.71 bits per heavy atom. The number of rotatable bonds is 1. The molecule has 0 spiro atoms. The Morgan fingerprint density at radius 1 is 1.12 bits per heavy atom. The number of nitrogens with zero attached hydrogens (tertiary/aromatic N) is 2. The highest BCUT2D eigenvalue weighted by atomic mass is 35.5. The van der Waals surface area contributed by atoms with Crippen molar-refractivity contribution in [1.82, 2.24) is 9.80 Å². The second-order valence-electron chi connectivity index (χ2n) is 6.57. The van der Waals surface area contributed by atoms with E-state index in [1.807, 2.05) is 24.3 Å². The first-order valence-corrected chi connectivity index (χ1v) is 9.48. The topological polar surface area (TPSA) is 6.48 Å².